The molecule has 0 aliphatic heterocycles. The van der Waals surface area contributed by atoms with E-state index < -0.39 is 0 Å². The second-order valence-corrected chi connectivity index (χ2v) is 5.51. The normalized spacial score (nSPS) is 26.0. The number of thiophene rings is 1. The molecule has 15 heavy (non-hydrogen) atoms. The summed E-state index contributed by atoms with van der Waals surface area (Å²) in [6, 6.07) is 2.62. The van der Waals surface area contributed by atoms with Gasteiger partial charge >= 0.3 is 0 Å². The van der Waals surface area contributed by atoms with Crippen LogP contribution in [0.1, 0.15) is 29.7 Å². The van der Waals surface area contributed by atoms with Crippen molar-refractivity contribution >= 4 is 11.3 Å². The standard InChI is InChI=1S/C12H20N2S/c1-9-5-6-15-12(9)8-14-7-10-3-2-4-11(10)13/h5-6,10-11,14H,2-4,7-8,13H2,1H3. The molecule has 2 atom stereocenters. The van der Waals surface area contributed by atoms with Crippen LogP contribution in [-0.4, -0.2) is 12.6 Å². The summed E-state index contributed by atoms with van der Waals surface area (Å²) in [7, 11) is 0. The van der Waals surface area contributed by atoms with E-state index in [0.717, 1.165) is 13.1 Å². The van der Waals surface area contributed by atoms with E-state index in [1.807, 2.05) is 11.3 Å². The minimum absolute atomic E-state index is 0.432. The van der Waals surface area contributed by atoms with E-state index in [1.54, 1.807) is 0 Å². The van der Waals surface area contributed by atoms with E-state index >= 15 is 0 Å². The summed E-state index contributed by atoms with van der Waals surface area (Å²) in [6.07, 6.45) is 3.83. The lowest BCUT2D eigenvalue weighted by molar-refractivity contribution is 0.442. The van der Waals surface area contributed by atoms with Gasteiger partial charge in [-0.05, 0) is 49.2 Å². The predicted molar refractivity (Wildman–Crippen MR) is 66.1 cm³/mol. The maximum absolute atomic E-state index is 6.03. The fourth-order valence-electron chi connectivity index (χ4n) is 2.28. The third-order valence-electron chi connectivity index (χ3n) is 3.38. The number of hydrogen-bond acceptors (Lipinski definition) is 3. The minimum Gasteiger partial charge on any atom is -0.327 e. The third-order valence-corrected chi connectivity index (χ3v) is 4.40. The Labute approximate surface area is 95.9 Å². The van der Waals surface area contributed by atoms with Gasteiger partial charge in [0, 0.05) is 17.5 Å². The molecule has 0 bridgehead atoms. The molecule has 0 radical (unpaired) electrons. The molecular weight excluding hydrogens is 204 g/mol. The van der Waals surface area contributed by atoms with E-state index in [-0.39, 0.29) is 0 Å². The van der Waals surface area contributed by atoms with Crippen molar-refractivity contribution in [2.45, 2.75) is 38.8 Å². The summed E-state index contributed by atoms with van der Waals surface area (Å²) >= 11 is 1.84. The zero-order chi connectivity index (χ0) is 10.7. The van der Waals surface area contributed by atoms with Crippen LogP contribution in [0.5, 0.6) is 0 Å². The maximum Gasteiger partial charge on any atom is 0.0302 e. The van der Waals surface area contributed by atoms with Gasteiger partial charge in [-0.25, -0.2) is 0 Å². The van der Waals surface area contributed by atoms with Gasteiger partial charge in [-0.1, -0.05) is 6.42 Å². The van der Waals surface area contributed by atoms with Gasteiger partial charge in [-0.2, -0.15) is 0 Å². The second-order valence-electron chi connectivity index (χ2n) is 4.51. The molecule has 1 aliphatic carbocycles. The summed E-state index contributed by atoms with van der Waals surface area (Å²) in [4.78, 5) is 1.46. The van der Waals surface area contributed by atoms with E-state index in [4.69, 9.17) is 5.73 Å². The van der Waals surface area contributed by atoms with Gasteiger partial charge in [0.25, 0.3) is 0 Å². The van der Waals surface area contributed by atoms with Crippen LogP contribution >= 0.6 is 11.3 Å². The summed E-state index contributed by atoms with van der Waals surface area (Å²) in [5, 5.41) is 5.69. The largest absolute Gasteiger partial charge is 0.327 e. The molecule has 2 nitrogen and oxygen atoms in total. The van der Waals surface area contributed by atoms with Crippen LogP contribution in [0.3, 0.4) is 0 Å². The molecule has 1 heterocycles. The smallest absolute Gasteiger partial charge is 0.0302 e. The zero-order valence-electron chi connectivity index (χ0n) is 9.33. The van der Waals surface area contributed by atoms with Crippen LogP contribution in [0.2, 0.25) is 0 Å². The quantitative estimate of drug-likeness (QED) is 0.823. The first-order valence-corrected chi connectivity index (χ1v) is 6.64. The number of nitrogens with two attached hydrogens (primary N) is 1. The second kappa shape index (κ2) is 5.10. The van der Waals surface area contributed by atoms with Gasteiger partial charge in [0.05, 0.1) is 0 Å². The van der Waals surface area contributed by atoms with Crippen LogP contribution in [0.4, 0.5) is 0 Å². The van der Waals surface area contributed by atoms with Crippen molar-refractivity contribution in [1.29, 1.82) is 0 Å². The molecule has 84 valence electrons. The average Bonchev–Trinajstić information content (AvgIpc) is 2.78. The average molecular weight is 224 g/mol. The molecule has 2 rings (SSSR count). The maximum atomic E-state index is 6.03. The van der Waals surface area contributed by atoms with Crippen LogP contribution in [-0.2, 0) is 6.54 Å². The highest BCUT2D eigenvalue weighted by Crippen LogP contribution is 2.23. The van der Waals surface area contributed by atoms with Crippen LogP contribution in [0.15, 0.2) is 11.4 Å². The van der Waals surface area contributed by atoms with Crippen LogP contribution < -0.4 is 11.1 Å². The highest BCUT2D eigenvalue weighted by atomic mass is 32.1. The van der Waals surface area contributed by atoms with Gasteiger partial charge in [-0.3, -0.25) is 0 Å². The van der Waals surface area contributed by atoms with E-state index in [1.165, 1.54) is 29.7 Å². The highest BCUT2D eigenvalue weighted by molar-refractivity contribution is 7.10. The molecule has 0 amide bonds. The number of aryl methyl sites for hydroxylation is 1. The Hall–Kier alpha value is -0.380. The first-order valence-electron chi connectivity index (χ1n) is 5.76. The molecule has 0 saturated heterocycles. The van der Waals surface area contributed by atoms with E-state index in [9.17, 15) is 0 Å². The summed E-state index contributed by atoms with van der Waals surface area (Å²) < 4.78 is 0. The molecular formula is C12H20N2S. The van der Waals surface area contributed by atoms with Gasteiger partial charge in [-0.15, -0.1) is 11.3 Å². The molecule has 1 fully saturated rings. The lowest BCUT2D eigenvalue weighted by atomic mass is 10.0. The Morgan fingerprint density at radius 3 is 3.00 bits per heavy atom. The van der Waals surface area contributed by atoms with E-state index in [0.29, 0.717) is 12.0 Å². The van der Waals surface area contributed by atoms with Crippen molar-refractivity contribution in [3.63, 3.8) is 0 Å². The lowest BCUT2D eigenvalue weighted by Crippen LogP contribution is -2.32. The van der Waals surface area contributed by atoms with Crippen molar-refractivity contribution < 1.29 is 0 Å². The van der Waals surface area contributed by atoms with Crippen molar-refractivity contribution in [2.75, 3.05) is 6.54 Å². The first kappa shape index (κ1) is 11.1. The monoisotopic (exact) mass is 224 g/mol. The topological polar surface area (TPSA) is 38.0 Å². The SMILES string of the molecule is Cc1ccsc1CNCC1CCCC1N. The Morgan fingerprint density at radius 1 is 1.53 bits per heavy atom. The van der Waals surface area contributed by atoms with Gasteiger partial charge in [0.2, 0.25) is 0 Å². The van der Waals surface area contributed by atoms with E-state index in [2.05, 4.69) is 23.7 Å². The molecule has 0 aromatic carbocycles. The highest BCUT2D eigenvalue weighted by Gasteiger charge is 2.23. The van der Waals surface area contributed by atoms with Crippen molar-refractivity contribution in [3.05, 3.63) is 21.9 Å². The number of rotatable bonds is 4. The summed E-state index contributed by atoms with van der Waals surface area (Å²) in [6.45, 7) is 4.26. The summed E-state index contributed by atoms with van der Waals surface area (Å²) in [5.41, 5.74) is 7.44. The molecule has 2 unspecified atom stereocenters. The fraction of sp³-hybridized carbons (Fsp3) is 0.667. The van der Waals surface area contributed by atoms with Crippen molar-refractivity contribution in [2.24, 2.45) is 11.7 Å². The molecule has 1 aromatic rings. The Bertz CT molecular complexity index is 308. The van der Waals surface area contributed by atoms with Gasteiger partial charge < -0.3 is 11.1 Å². The Kier molecular flexibility index (Phi) is 3.78. The fourth-order valence-corrected chi connectivity index (χ4v) is 3.15. The molecule has 1 aromatic heterocycles. The molecule has 1 aliphatic rings. The lowest BCUT2D eigenvalue weighted by Gasteiger charge is -2.15. The Morgan fingerprint density at radius 2 is 2.40 bits per heavy atom. The predicted octanol–water partition coefficient (Wildman–Crippen LogP) is 2.27. The minimum atomic E-state index is 0.432. The molecule has 0 spiro atoms. The van der Waals surface area contributed by atoms with Crippen molar-refractivity contribution in [1.82, 2.24) is 5.32 Å². The van der Waals surface area contributed by atoms with Crippen LogP contribution in [0.25, 0.3) is 0 Å². The van der Waals surface area contributed by atoms with Gasteiger partial charge in [0.15, 0.2) is 0 Å². The molecule has 1 saturated carbocycles. The van der Waals surface area contributed by atoms with Crippen molar-refractivity contribution in [3.8, 4) is 0 Å². The molecule has 3 N–H and O–H groups in total. The van der Waals surface area contributed by atoms with Crippen LogP contribution in [0, 0.1) is 12.8 Å². The van der Waals surface area contributed by atoms with Gasteiger partial charge in [0.1, 0.15) is 0 Å². The number of nitrogens with one attached hydrogen (secondary N) is 1. The molecule has 3 heteroatoms. The number of hydrogen-bond donors (Lipinski definition) is 2. The Balaban J connectivity index is 1.73. The summed E-state index contributed by atoms with van der Waals surface area (Å²) in [5.74, 6) is 0.699. The zero-order valence-corrected chi connectivity index (χ0v) is 10.1. The third kappa shape index (κ3) is 2.80. The first-order chi connectivity index (χ1) is 7.27.